The van der Waals surface area contributed by atoms with E-state index in [1.54, 1.807) is 13.1 Å². The molecule has 0 radical (unpaired) electrons. The van der Waals surface area contributed by atoms with E-state index in [9.17, 15) is 4.79 Å². The second-order valence-corrected chi connectivity index (χ2v) is 5.66. The summed E-state index contributed by atoms with van der Waals surface area (Å²) in [6.07, 6.45) is 4.93. The predicted molar refractivity (Wildman–Crippen MR) is 98.5 cm³/mol. The summed E-state index contributed by atoms with van der Waals surface area (Å²) in [7, 11) is 1.53. The number of nitrogens with zero attached hydrogens (tertiary/aromatic N) is 7. The summed E-state index contributed by atoms with van der Waals surface area (Å²) in [6, 6.07) is 5.27. The number of nitrogens with one attached hydrogen (secondary N) is 2. The fourth-order valence-corrected chi connectivity index (χ4v) is 2.65. The number of nitrogen functional groups attached to an aromatic ring is 1. The minimum Gasteiger partial charge on any atom is -0.368 e. The molecule has 0 atom stereocenters. The van der Waals surface area contributed by atoms with Crippen molar-refractivity contribution in [3.8, 4) is 11.5 Å². The summed E-state index contributed by atoms with van der Waals surface area (Å²) in [5.41, 5.74) is 7.70. The molecule has 4 aromatic rings. The summed E-state index contributed by atoms with van der Waals surface area (Å²) in [5.74, 6) is 1.52. The van der Waals surface area contributed by atoms with Gasteiger partial charge in [0.2, 0.25) is 5.95 Å². The molecule has 0 fully saturated rings. The first-order valence-electron chi connectivity index (χ1n) is 8.04. The zero-order valence-electron chi connectivity index (χ0n) is 14.6. The van der Waals surface area contributed by atoms with Gasteiger partial charge >= 0.3 is 6.03 Å². The van der Waals surface area contributed by atoms with Crippen LogP contribution in [0.25, 0.3) is 17.2 Å². The molecule has 0 aliphatic rings. The van der Waals surface area contributed by atoms with Gasteiger partial charge in [0.15, 0.2) is 11.6 Å². The SMILES string of the molecule is CNC(=O)n1cc(Nc2nc3ccccn3c2-c2nc(C)nc(N)n2)cn1. The summed E-state index contributed by atoms with van der Waals surface area (Å²) in [5, 5.41) is 9.68. The monoisotopic (exact) mass is 364 g/mol. The van der Waals surface area contributed by atoms with E-state index in [2.05, 4.69) is 35.7 Å². The highest BCUT2D eigenvalue weighted by atomic mass is 16.2. The second-order valence-electron chi connectivity index (χ2n) is 5.66. The minimum atomic E-state index is -0.348. The van der Waals surface area contributed by atoms with Crippen LogP contribution in [0.3, 0.4) is 0 Å². The van der Waals surface area contributed by atoms with Crippen LogP contribution >= 0.6 is 0 Å². The van der Waals surface area contributed by atoms with E-state index in [1.807, 2.05) is 28.8 Å². The molecule has 0 aromatic carbocycles. The maximum Gasteiger partial charge on any atom is 0.341 e. The van der Waals surface area contributed by atoms with E-state index in [0.717, 1.165) is 0 Å². The van der Waals surface area contributed by atoms with E-state index >= 15 is 0 Å². The van der Waals surface area contributed by atoms with Crippen molar-refractivity contribution in [2.24, 2.45) is 0 Å². The van der Waals surface area contributed by atoms with E-state index < -0.39 is 0 Å². The average molecular weight is 364 g/mol. The number of nitrogens with two attached hydrogens (primary N) is 1. The number of carbonyl (C=O) groups excluding carboxylic acids is 1. The zero-order valence-corrected chi connectivity index (χ0v) is 14.6. The number of aromatic nitrogens is 7. The summed E-state index contributed by atoms with van der Waals surface area (Å²) in [4.78, 5) is 28.9. The highest BCUT2D eigenvalue weighted by Crippen LogP contribution is 2.29. The van der Waals surface area contributed by atoms with Crippen molar-refractivity contribution in [2.45, 2.75) is 6.92 Å². The minimum absolute atomic E-state index is 0.127. The van der Waals surface area contributed by atoms with Gasteiger partial charge in [0.25, 0.3) is 0 Å². The summed E-state index contributed by atoms with van der Waals surface area (Å²) >= 11 is 0. The number of carbonyl (C=O) groups is 1. The van der Waals surface area contributed by atoms with Gasteiger partial charge in [0.05, 0.1) is 18.1 Å². The molecule has 0 spiro atoms. The van der Waals surface area contributed by atoms with Crippen molar-refractivity contribution in [2.75, 3.05) is 18.1 Å². The van der Waals surface area contributed by atoms with Crippen LogP contribution in [0.5, 0.6) is 0 Å². The van der Waals surface area contributed by atoms with Gasteiger partial charge in [0.1, 0.15) is 17.2 Å². The second kappa shape index (κ2) is 6.37. The Kier molecular flexibility index (Phi) is 3.88. The molecular weight excluding hydrogens is 348 g/mol. The largest absolute Gasteiger partial charge is 0.368 e. The van der Waals surface area contributed by atoms with Crippen molar-refractivity contribution in [3.63, 3.8) is 0 Å². The van der Waals surface area contributed by atoms with Gasteiger partial charge in [-0.15, -0.1) is 0 Å². The molecule has 0 aliphatic carbocycles. The van der Waals surface area contributed by atoms with Crippen molar-refractivity contribution >= 4 is 29.1 Å². The molecule has 4 heterocycles. The first kappa shape index (κ1) is 16.4. The molecule has 11 nitrogen and oxygen atoms in total. The third kappa shape index (κ3) is 3.01. The Balaban J connectivity index is 1.83. The topological polar surface area (TPSA) is 141 Å². The third-order valence-electron chi connectivity index (χ3n) is 3.77. The number of imidazole rings is 1. The van der Waals surface area contributed by atoms with Gasteiger partial charge in [-0.25, -0.2) is 14.8 Å². The van der Waals surface area contributed by atoms with Crippen LogP contribution in [0, 0.1) is 6.92 Å². The molecular formula is C16H16N10O. The Morgan fingerprint density at radius 2 is 2.04 bits per heavy atom. The Hall–Kier alpha value is -4.02. The van der Waals surface area contributed by atoms with Gasteiger partial charge in [-0.05, 0) is 19.1 Å². The Labute approximate surface area is 153 Å². The van der Waals surface area contributed by atoms with E-state index in [0.29, 0.717) is 34.5 Å². The molecule has 4 N–H and O–H groups in total. The molecule has 0 saturated heterocycles. The molecule has 4 rings (SSSR count). The Morgan fingerprint density at radius 1 is 1.19 bits per heavy atom. The number of anilines is 3. The van der Waals surface area contributed by atoms with Crippen LogP contribution in [-0.4, -0.2) is 47.2 Å². The first-order valence-corrected chi connectivity index (χ1v) is 8.04. The molecule has 0 saturated carbocycles. The molecule has 11 heteroatoms. The number of hydrogen-bond acceptors (Lipinski definition) is 8. The molecule has 0 unspecified atom stereocenters. The lowest BCUT2D eigenvalue weighted by atomic mass is 10.3. The number of hydrogen-bond donors (Lipinski definition) is 3. The average Bonchev–Trinajstić information content (AvgIpc) is 3.24. The number of amides is 1. The molecule has 4 aromatic heterocycles. The van der Waals surface area contributed by atoms with Crippen LogP contribution in [0.4, 0.5) is 22.2 Å². The quantitative estimate of drug-likeness (QED) is 0.492. The lowest BCUT2D eigenvalue weighted by molar-refractivity contribution is 0.241. The molecule has 136 valence electrons. The van der Waals surface area contributed by atoms with Crippen molar-refractivity contribution in [1.29, 1.82) is 0 Å². The van der Waals surface area contributed by atoms with Crippen LogP contribution < -0.4 is 16.4 Å². The number of aryl methyl sites for hydroxylation is 1. The lowest BCUT2D eigenvalue weighted by Gasteiger charge is -2.06. The maximum absolute atomic E-state index is 11.7. The van der Waals surface area contributed by atoms with Crippen LogP contribution in [0.2, 0.25) is 0 Å². The zero-order chi connectivity index (χ0) is 19.0. The highest BCUT2D eigenvalue weighted by molar-refractivity contribution is 5.79. The van der Waals surface area contributed by atoms with Crippen molar-refractivity contribution in [1.82, 2.24) is 39.4 Å². The van der Waals surface area contributed by atoms with Gasteiger partial charge in [-0.3, -0.25) is 4.40 Å². The third-order valence-corrected chi connectivity index (χ3v) is 3.77. The van der Waals surface area contributed by atoms with Crippen LogP contribution in [0.15, 0.2) is 36.8 Å². The fraction of sp³-hybridized carbons (Fsp3) is 0.125. The van der Waals surface area contributed by atoms with Crippen molar-refractivity contribution < 1.29 is 4.79 Å². The maximum atomic E-state index is 11.7. The molecule has 0 aliphatic heterocycles. The predicted octanol–water partition coefficient (Wildman–Crippen LogP) is 1.20. The lowest BCUT2D eigenvalue weighted by Crippen LogP contribution is -2.24. The number of pyridine rings is 1. The van der Waals surface area contributed by atoms with E-state index in [-0.39, 0.29) is 12.0 Å². The van der Waals surface area contributed by atoms with E-state index in [1.165, 1.54) is 17.9 Å². The molecule has 27 heavy (non-hydrogen) atoms. The fourth-order valence-electron chi connectivity index (χ4n) is 2.65. The van der Waals surface area contributed by atoms with Gasteiger partial charge in [-0.1, -0.05) is 6.07 Å². The highest BCUT2D eigenvalue weighted by Gasteiger charge is 2.18. The first-order chi connectivity index (χ1) is 13.0. The van der Waals surface area contributed by atoms with Crippen molar-refractivity contribution in [3.05, 3.63) is 42.6 Å². The summed E-state index contributed by atoms with van der Waals surface area (Å²) in [6.45, 7) is 1.74. The smallest absolute Gasteiger partial charge is 0.341 e. The van der Waals surface area contributed by atoms with Gasteiger partial charge in [0, 0.05) is 13.2 Å². The molecule has 1 amide bonds. The van der Waals surface area contributed by atoms with Gasteiger partial charge in [-0.2, -0.15) is 19.7 Å². The van der Waals surface area contributed by atoms with Crippen LogP contribution in [0.1, 0.15) is 5.82 Å². The standard InChI is InChI=1S/C16H16N10O/c1-9-20-13(24-15(17)21-9)12-14(23-11-5-3-4-6-25(11)12)22-10-7-19-26(8-10)16(27)18-2/h3-8,22H,1-2H3,(H,18,27)(H2,17,20,21,24). The number of fused-ring (bicyclic) bond motifs is 1. The van der Waals surface area contributed by atoms with Crippen LogP contribution in [-0.2, 0) is 0 Å². The number of rotatable bonds is 3. The molecule has 0 bridgehead atoms. The Bertz CT molecular complexity index is 1130. The normalized spacial score (nSPS) is 10.9. The van der Waals surface area contributed by atoms with Gasteiger partial charge < -0.3 is 16.4 Å². The van der Waals surface area contributed by atoms with E-state index in [4.69, 9.17) is 5.73 Å². The Morgan fingerprint density at radius 3 is 2.81 bits per heavy atom. The summed E-state index contributed by atoms with van der Waals surface area (Å²) < 4.78 is 3.03.